The summed E-state index contributed by atoms with van der Waals surface area (Å²) in [6.07, 6.45) is 9.69. The van der Waals surface area contributed by atoms with Crippen LogP contribution in [0.5, 0.6) is 0 Å². The molecule has 0 amide bonds. The highest BCUT2D eigenvalue weighted by atomic mass is 16.5. The van der Waals surface area contributed by atoms with Crippen molar-refractivity contribution < 1.29 is 9.47 Å². The van der Waals surface area contributed by atoms with E-state index >= 15 is 0 Å². The molecule has 0 spiro atoms. The molecule has 5 nitrogen and oxygen atoms in total. The fraction of sp³-hybridized carbons (Fsp3) is 0.812. The van der Waals surface area contributed by atoms with Crippen LogP contribution in [0.2, 0.25) is 0 Å². The predicted octanol–water partition coefficient (Wildman–Crippen LogP) is 2.91. The van der Waals surface area contributed by atoms with E-state index in [2.05, 4.69) is 28.0 Å². The SMILES string of the molecule is COC1(CNc2nc(C)cn2C2CCCCC2)CCOC1. The van der Waals surface area contributed by atoms with Crippen molar-refractivity contribution in [1.29, 1.82) is 0 Å². The topological polar surface area (TPSA) is 48.3 Å². The third kappa shape index (κ3) is 3.24. The van der Waals surface area contributed by atoms with Crippen molar-refractivity contribution in [1.82, 2.24) is 9.55 Å². The molecule has 1 aliphatic heterocycles. The maximum atomic E-state index is 5.69. The van der Waals surface area contributed by atoms with Crippen LogP contribution in [-0.2, 0) is 9.47 Å². The van der Waals surface area contributed by atoms with Gasteiger partial charge in [-0.25, -0.2) is 4.98 Å². The Hall–Kier alpha value is -1.07. The summed E-state index contributed by atoms with van der Waals surface area (Å²) in [5.74, 6) is 0.989. The lowest BCUT2D eigenvalue weighted by atomic mass is 9.95. The van der Waals surface area contributed by atoms with Crippen LogP contribution in [0.25, 0.3) is 0 Å². The third-order valence-corrected chi connectivity index (χ3v) is 4.89. The van der Waals surface area contributed by atoms with E-state index in [1.165, 1.54) is 32.1 Å². The van der Waals surface area contributed by atoms with Gasteiger partial charge in [-0.2, -0.15) is 0 Å². The lowest BCUT2D eigenvalue weighted by molar-refractivity contribution is -0.00637. The van der Waals surface area contributed by atoms with E-state index in [4.69, 9.17) is 9.47 Å². The molecule has 21 heavy (non-hydrogen) atoms. The number of hydrogen-bond donors (Lipinski definition) is 1. The fourth-order valence-corrected chi connectivity index (χ4v) is 3.49. The molecule has 1 N–H and O–H groups in total. The van der Waals surface area contributed by atoms with Crippen molar-refractivity contribution in [3.63, 3.8) is 0 Å². The summed E-state index contributed by atoms with van der Waals surface area (Å²) >= 11 is 0. The number of nitrogens with one attached hydrogen (secondary N) is 1. The first kappa shape index (κ1) is 14.9. The highest BCUT2D eigenvalue weighted by Gasteiger charge is 2.35. The summed E-state index contributed by atoms with van der Waals surface area (Å²) in [5.41, 5.74) is 0.884. The standard InChI is InChI=1S/C16H27N3O2/c1-13-10-19(14-6-4-3-5-7-14)15(18-13)17-11-16(20-2)8-9-21-12-16/h10,14H,3-9,11-12H2,1-2H3,(H,17,18). The number of aryl methyl sites for hydroxylation is 1. The molecule has 1 atom stereocenters. The molecular weight excluding hydrogens is 266 g/mol. The molecule has 118 valence electrons. The van der Waals surface area contributed by atoms with Crippen molar-refractivity contribution in [3.05, 3.63) is 11.9 Å². The zero-order valence-corrected chi connectivity index (χ0v) is 13.2. The van der Waals surface area contributed by atoms with Crippen LogP contribution in [0.4, 0.5) is 5.95 Å². The van der Waals surface area contributed by atoms with Gasteiger partial charge >= 0.3 is 0 Å². The minimum Gasteiger partial charge on any atom is -0.378 e. The van der Waals surface area contributed by atoms with Gasteiger partial charge in [-0.05, 0) is 19.8 Å². The zero-order chi connectivity index (χ0) is 14.7. The first-order valence-electron chi connectivity index (χ1n) is 8.15. The molecule has 2 aliphatic rings. The van der Waals surface area contributed by atoms with Crippen LogP contribution in [0.1, 0.15) is 50.3 Å². The van der Waals surface area contributed by atoms with Crippen LogP contribution in [-0.4, -0.2) is 42.0 Å². The highest BCUT2D eigenvalue weighted by Crippen LogP contribution is 2.31. The van der Waals surface area contributed by atoms with Crippen LogP contribution in [0.15, 0.2) is 6.20 Å². The Kier molecular flexibility index (Phi) is 4.50. The Bertz CT molecular complexity index is 460. The predicted molar refractivity (Wildman–Crippen MR) is 82.8 cm³/mol. The van der Waals surface area contributed by atoms with Crippen LogP contribution >= 0.6 is 0 Å². The summed E-state index contributed by atoms with van der Waals surface area (Å²) in [5, 5.41) is 3.51. The molecule has 5 heteroatoms. The summed E-state index contributed by atoms with van der Waals surface area (Å²) in [6, 6.07) is 0.598. The van der Waals surface area contributed by atoms with Crippen molar-refractivity contribution in [2.24, 2.45) is 0 Å². The quantitative estimate of drug-likeness (QED) is 0.907. The number of aromatic nitrogens is 2. The Morgan fingerprint density at radius 3 is 2.90 bits per heavy atom. The van der Waals surface area contributed by atoms with Crippen molar-refractivity contribution in [2.75, 3.05) is 32.2 Å². The van der Waals surface area contributed by atoms with Crippen molar-refractivity contribution in [2.45, 2.75) is 57.1 Å². The van der Waals surface area contributed by atoms with Gasteiger partial charge in [-0.1, -0.05) is 19.3 Å². The smallest absolute Gasteiger partial charge is 0.203 e. The number of hydrogen-bond acceptors (Lipinski definition) is 4. The van der Waals surface area contributed by atoms with E-state index in [-0.39, 0.29) is 5.60 Å². The lowest BCUT2D eigenvalue weighted by Crippen LogP contribution is -2.40. The van der Waals surface area contributed by atoms with Gasteiger partial charge in [0.1, 0.15) is 5.60 Å². The Morgan fingerprint density at radius 1 is 1.43 bits per heavy atom. The maximum Gasteiger partial charge on any atom is 0.203 e. The largest absolute Gasteiger partial charge is 0.378 e. The Morgan fingerprint density at radius 2 is 2.24 bits per heavy atom. The maximum absolute atomic E-state index is 5.69. The fourth-order valence-electron chi connectivity index (χ4n) is 3.49. The number of rotatable bonds is 5. The van der Waals surface area contributed by atoms with E-state index in [1.807, 2.05) is 0 Å². The second-order valence-electron chi connectivity index (χ2n) is 6.45. The van der Waals surface area contributed by atoms with Gasteiger partial charge in [0.05, 0.1) is 12.3 Å². The van der Waals surface area contributed by atoms with Crippen molar-refractivity contribution in [3.8, 4) is 0 Å². The molecule has 1 unspecified atom stereocenters. The molecule has 2 heterocycles. The molecule has 1 aromatic rings. The molecule has 1 saturated heterocycles. The molecular formula is C16H27N3O2. The van der Waals surface area contributed by atoms with Crippen LogP contribution in [0.3, 0.4) is 0 Å². The lowest BCUT2D eigenvalue weighted by Gasteiger charge is -2.28. The zero-order valence-electron chi connectivity index (χ0n) is 13.2. The van der Waals surface area contributed by atoms with E-state index in [0.717, 1.165) is 31.2 Å². The molecule has 1 aromatic heterocycles. The highest BCUT2D eigenvalue weighted by molar-refractivity contribution is 5.30. The van der Waals surface area contributed by atoms with Gasteiger partial charge < -0.3 is 19.4 Å². The minimum absolute atomic E-state index is 0.197. The Labute approximate surface area is 127 Å². The number of imidazole rings is 1. The van der Waals surface area contributed by atoms with Gasteiger partial charge in [0.15, 0.2) is 0 Å². The minimum atomic E-state index is -0.197. The molecule has 0 radical (unpaired) electrons. The van der Waals surface area contributed by atoms with Gasteiger partial charge in [0.2, 0.25) is 5.95 Å². The monoisotopic (exact) mass is 293 g/mol. The summed E-state index contributed by atoms with van der Waals surface area (Å²) in [6.45, 7) is 4.27. The first-order valence-corrected chi connectivity index (χ1v) is 8.15. The van der Waals surface area contributed by atoms with Gasteiger partial charge in [-0.15, -0.1) is 0 Å². The second kappa shape index (κ2) is 6.36. The molecule has 0 bridgehead atoms. The molecule has 1 saturated carbocycles. The molecule has 0 aromatic carbocycles. The molecule has 2 fully saturated rings. The van der Waals surface area contributed by atoms with Gasteiger partial charge in [0, 0.05) is 38.9 Å². The summed E-state index contributed by atoms with van der Waals surface area (Å²) in [4.78, 5) is 4.67. The average Bonchev–Trinajstić information content (AvgIpc) is 3.13. The normalized spacial score (nSPS) is 27.1. The van der Waals surface area contributed by atoms with Gasteiger partial charge in [-0.3, -0.25) is 0 Å². The van der Waals surface area contributed by atoms with E-state index in [1.54, 1.807) is 7.11 Å². The molecule has 1 aliphatic carbocycles. The Balaban J connectivity index is 1.70. The van der Waals surface area contributed by atoms with E-state index in [0.29, 0.717) is 12.6 Å². The number of methoxy groups -OCH3 is 1. The van der Waals surface area contributed by atoms with E-state index in [9.17, 15) is 0 Å². The first-order chi connectivity index (χ1) is 10.2. The second-order valence-corrected chi connectivity index (χ2v) is 6.45. The number of nitrogens with zero attached hydrogens (tertiary/aromatic N) is 2. The molecule has 3 rings (SSSR count). The van der Waals surface area contributed by atoms with Gasteiger partial charge in [0.25, 0.3) is 0 Å². The van der Waals surface area contributed by atoms with E-state index < -0.39 is 0 Å². The summed E-state index contributed by atoms with van der Waals surface area (Å²) < 4.78 is 13.5. The summed E-state index contributed by atoms with van der Waals surface area (Å²) in [7, 11) is 1.77. The average molecular weight is 293 g/mol. The van der Waals surface area contributed by atoms with Crippen LogP contribution in [0, 0.1) is 6.92 Å². The number of ether oxygens (including phenoxy) is 2. The third-order valence-electron chi connectivity index (χ3n) is 4.89. The van der Waals surface area contributed by atoms with Crippen LogP contribution < -0.4 is 5.32 Å². The van der Waals surface area contributed by atoms with Crippen molar-refractivity contribution >= 4 is 5.95 Å². The number of anilines is 1.